The number of nitrogen functional groups attached to an aromatic ring is 1. The van der Waals surface area contributed by atoms with E-state index in [0.717, 1.165) is 18.2 Å². The summed E-state index contributed by atoms with van der Waals surface area (Å²) in [6.45, 7) is 3.03. The molecule has 6 nitrogen and oxygen atoms in total. The summed E-state index contributed by atoms with van der Waals surface area (Å²) in [4.78, 5) is 27.6. The molecule has 154 valence electrons. The number of likely N-dealkylation sites (tertiary alicyclic amines) is 1. The standard InChI is InChI=1S/C22H21F2N5O/c1-13-26-8-6-19(27-13)14-7-9-29(12-14)22(30)11-21-18(25)4-5-20(28-21)16-3-2-15(23)10-17(16)24/h2-6,8,10,14H,7,9,11-12,25H2,1H3. The Hall–Kier alpha value is -3.42. The van der Waals surface area contributed by atoms with E-state index in [0.29, 0.717) is 36.0 Å². The van der Waals surface area contributed by atoms with E-state index < -0.39 is 11.6 Å². The van der Waals surface area contributed by atoms with Crippen LogP contribution in [0.2, 0.25) is 0 Å². The van der Waals surface area contributed by atoms with Crippen molar-refractivity contribution in [2.75, 3.05) is 18.8 Å². The van der Waals surface area contributed by atoms with Gasteiger partial charge in [-0.2, -0.15) is 0 Å². The highest BCUT2D eigenvalue weighted by atomic mass is 19.1. The van der Waals surface area contributed by atoms with E-state index in [1.807, 2.05) is 13.0 Å². The molecule has 1 saturated heterocycles. The van der Waals surface area contributed by atoms with E-state index in [2.05, 4.69) is 15.0 Å². The molecule has 1 unspecified atom stereocenters. The molecule has 1 amide bonds. The molecule has 1 aliphatic rings. The Kier molecular flexibility index (Phi) is 5.39. The first kappa shape index (κ1) is 19.9. The second kappa shape index (κ2) is 8.14. The number of carbonyl (C=O) groups excluding carboxylic acids is 1. The predicted octanol–water partition coefficient (Wildman–Crippen LogP) is 3.27. The Morgan fingerprint density at radius 1 is 1.20 bits per heavy atom. The first-order valence-corrected chi connectivity index (χ1v) is 9.69. The Labute approximate surface area is 172 Å². The number of aromatic nitrogens is 3. The first-order chi connectivity index (χ1) is 14.4. The Morgan fingerprint density at radius 3 is 2.80 bits per heavy atom. The molecule has 0 spiro atoms. The third-order valence-corrected chi connectivity index (χ3v) is 5.29. The number of nitrogens with zero attached hydrogens (tertiary/aromatic N) is 4. The summed E-state index contributed by atoms with van der Waals surface area (Å²) in [6.07, 6.45) is 2.57. The van der Waals surface area contributed by atoms with Crippen molar-refractivity contribution < 1.29 is 13.6 Å². The third-order valence-electron chi connectivity index (χ3n) is 5.29. The largest absolute Gasteiger partial charge is 0.397 e. The fourth-order valence-electron chi connectivity index (χ4n) is 3.69. The maximum Gasteiger partial charge on any atom is 0.228 e. The molecule has 1 aliphatic heterocycles. The highest BCUT2D eigenvalue weighted by Crippen LogP contribution is 2.27. The summed E-state index contributed by atoms with van der Waals surface area (Å²) in [7, 11) is 0. The number of carbonyl (C=O) groups is 1. The van der Waals surface area contributed by atoms with Gasteiger partial charge in [0.05, 0.1) is 23.5 Å². The molecule has 2 aromatic heterocycles. The average molecular weight is 409 g/mol. The number of aryl methyl sites for hydroxylation is 1. The van der Waals surface area contributed by atoms with Crippen LogP contribution in [0.1, 0.15) is 29.6 Å². The van der Waals surface area contributed by atoms with E-state index in [9.17, 15) is 13.6 Å². The average Bonchev–Trinajstić information content (AvgIpc) is 3.20. The van der Waals surface area contributed by atoms with Crippen molar-refractivity contribution in [2.24, 2.45) is 0 Å². The van der Waals surface area contributed by atoms with Gasteiger partial charge in [-0.15, -0.1) is 0 Å². The molecule has 1 fully saturated rings. The SMILES string of the molecule is Cc1nccc(C2CCN(C(=O)Cc3nc(-c4ccc(F)cc4F)ccc3N)C2)n1. The van der Waals surface area contributed by atoms with Crippen LogP contribution in [0.3, 0.4) is 0 Å². The Morgan fingerprint density at radius 2 is 2.03 bits per heavy atom. The summed E-state index contributed by atoms with van der Waals surface area (Å²) in [5.41, 5.74) is 8.14. The van der Waals surface area contributed by atoms with Crippen LogP contribution >= 0.6 is 0 Å². The third kappa shape index (κ3) is 4.12. The number of anilines is 1. The number of hydrogen-bond acceptors (Lipinski definition) is 5. The fraction of sp³-hybridized carbons (Fsp3) is 0.273. The van der Waals surface area contributed by atoms with Crippen LogP contribution in [0.15, 0.2) is 42.6 Å². The molecular formula is C22H21F2N5O. The van der Waals surface area contributed by atoms with Crippen LogP contribution in [0.5, 0.6) is 0 Å². The van der Waals surface area contributed by atoms with Gasteiger partial charge in [0.1, 0.15) is 17.5 Å². The molecule has 1 aromatic carbocycles. The van der Waals surface area contributed by atoms with Crippen LogP contribution in [-0.2, 0) is 11.2 Å². The van der Waals surface area contributed by atoms with Crippen molar-refractivity contribution in [1.29, 1.82) is 0 Å². The molecule has 3 aromatic rings. The molecule has 0 bridgehead atoms. The van der Waals surface area contributed by atoms with Crippen LogP contribution in [-0.4, -0.2) is 38.8 Å². The maximum atomic E-state index is 14.1. The lowest BCUT2D eigenvalue weighted by Crippen LogP contribution is -2.30. The molecular weight excluding hydrogens is 388 g/mol. The molecule has 0 aliphatic carbocycles. The molecule has 0 radical (unpaired) electrons. The van der Waals surface area contributed by atoms with Gasteiger partial charge < -0.3 is 10.6 Å². The summed E-state index contributed by atoms with van der Waals surface area (Å²) in [5.74, 6) is -0.601. The molecule has 0 saturated carbocycles. The van der Waals surface area contributed by atoms with Gasteiger partial charge in [-0.3, -0.25) is 9.78 Å². The predicted molar refractivity (Wildman–Crippen MR) is 108 cm³/mol. The number of halogens is 2. The zero-order valence-corrected chi connectivity index (χ0v) is 16.5. The lowest BCUT2D eigenvalue weighted by atomic mass is 10.0. The minimum absolute atomic E-state index is 0.0119. The number of amides is 1. The fourth-order valence-corrected chi connectivity index (χ4v) is 3.69. The highest BCUT2D eigenvalue weighted by Gasteiger charge is 2.29. The quantitative estimate of drug-likeness (QED) is 0.715. The van der Waals surface area contributed by atoms with E-state index in [-0.39, 0.29) is 23.8 Å². The van der Waals surface area contributed by atoms with Gasteiger partial charge in [0, 0.05) is 42.5 Å². The molecule has 4 rings (SSSR count). The van der Waals surface area contributed by atoms with Crippen molar-refractivity contribution in [3.8, 4) is 11.3 Å². The normalized spacial score (nSPS) is 16.1. The van der Waals surface area contributed by atoms with Crippen LogP contribution in [0.4, 0.5) is 14.5 Å². The summed E-state index contributed by atoms with van der Waals surface area (Å²) in [5, 5.41) is 0. The number of nitrogens with two attached hydrogens (primary N) is 1. The number of benzene rings is 1. The van der Waals surface area contributed by atoms with Gasteiger partial charge in [-0.25, -0.2) is 18.7 Å². The molecule has 3 heterocycles. The van der Waals surface area contributed by atoms with Crippen molar-refractivity contribution in [1.82, 2.24) is 19.9 Å². The monoisotopic (exact) mass is 409 g/mol. The molecule has 30 heavy (non-hydrogen) atoms. The smallest absolute Gasteiger partial charge is 0.228 e. The lowest BCUT2D eigenvalue weighted by molar-refractivity contribution is -0.129. The van der Waals surface area contributed by atoms with Gasteiger partial charge in [-0.1, -0.05) is 0 Å². The van der Waals surface area contributed by atoms with Gasteiger partial charge in [-0.05, 0) is 43.7 Å². The van der Waals surface area contributed by atoms with Crippen LogP contribution < -0.4 is 5.73 Å². The van der Waals surface area contributed by atoms with Gasteiger partial charge in [0.2, 0.25) is 5.91 Å². The van der Waals surface area contributed by atoms with Crippen molar-refractivity contribution in [3.63, 3.8) is 0 Å². The summed E-state index contributed by atoms with van der Waals surface area (Å²) >= 11 is 0. The molecule has 1 atom stereocenters. The van der Waals surface area contributed by atoms with E-state index in [4.69, 9.17) is 5.73 Å². The van der Waals surface area contributed by atoms with Crippen molar-refractivity contribution in [2.45, 2.75) is 25.7 Å². The topological polar surface area (TPSA) is 85.0 Å². The van der Waals surface area contributed by atoms with E-state index in [1.54, 1.807) is 23.2 Å². The molecule has 2 N–H and O–H groups in total. The maximum absolute atomic E-state index is 14.1. The summed E-state index contributed by atoms with van der Waals surface area (Å²) in [6, 6.07) is 8.32. The van der Waals surface area contributed by atoms with Crippen molar-refractivity contribution >= 4 is 11.6 Å². The van der Waals surface area contributed by atoms with Gasteiger partial charge in [0.25, 0.3) is 0 Å². The second-order valence-electron chi connectivity index (χ2n) is 7.39. The molecule has 8 heteroatoms. The Bertz CT molecular complexity index is 1100. The zero-order chi connectivity index (χ0) is 21.3. The minimum atomic E-state index is -0.716. The number of hydrogen-bond donors (Lipinski definition) is 1. The van der Waals surface area contributed by atoms with E-state index >= 15 is 0 Å². The van der Waals surface area contributed by atoms with Crippen LogP contribution in [0, 0.1) is 18.6 Å². The summed E-state index contributed by atoms with van der Waals surface area (Å²) < 4.78 is 27.3. The highest BCUT2D eigenvalue weighted by molar-refractivity contribution is 5.80. The van der Waals surface area contributed by atoms with Crippen molar-refractivity contribution in [3.05, 3.63) is 71.4 Å². The lowest BCUT2D eigenvalue weighted by Gasteiger charge is -2.17. The first-order valence-electron chi connectivity index (χ1n) is 9.69. The second-order valence-corrected chi connectivity index (χ2v) is 7.39. The number of pyridine rings is 1. The van der Waals surface area contributed by atoms with Gasteiger partial charge >= 0.3 is 0 Å². The van der Waals surface area contributed by atoms with Gasteiger partial charge in [0.15, 0.2) is 0 Å². The Balaban J connectivity index is 1.49. The van der Waals surface area contributed by atoms with Crippen LogP contribution in [0.25, 0.3) is 11.3 Å². The zero-order valence-electron chi connectivity index (χ0n) is 16.5. The minimum Gasteiger partial charge on any atom is -0.397 e. The van der Waals surface area contributed by atoms with E-state index in [1.165, 1.54) is 12.1 Å². The number of rotatable bonds is 4.